The van der Waals surface area contributed by atoms with Crippen LogP contribution in [0.4, 0.5) is 5.69 Å². The van der Waals surface area contributed by atoms with E-state index in [0.717, 1.165) is 0 Å². The molecule has 1 aliphatic heterocycles. The Labute approximate surface area is 150 Å². The van der Waals surface area contributed by atoms with Crippen LogP contribution in [0.15, 0.2) is 28.7 Å². The first-order valence-electron chi connectivity index (χ1n) is 8.18. The Bertz CT molecular complexity index is 829. The zero-order chi connectivity index (χ0) is 18.7. The van der Waals surface area contributed by atoms with Gasteiger partial charge in [-0.05, 0) is 38.5 Å². The van der Waals surface area contributed by atoms with Crippen molar-refractivity contribution in [3.05, 3.63) is 41.3 Å². The minimum absolute atomic E-state index is 0.130. The van der Waals surface area contributed by atoms with Crippen LogP contribution in [0.1, 0.15) is 29.6 Å². The molecule has 1 aliphatic rings. The van der Waals surface area contributed by atoms with Gasteiger partial charge < -0.3 is 29.6 Å². The predicted molar refractivity (Wildman–Crippen MR) is 92.0 cm³/mol. The third-order valence-corrected chi connectivity index (χ3v) is 3.98. The van der Waals surface area contributed by atoms with Crippen LogP contribution in [-0.4, -0.2) is 30.3 Å². The van der Waals surface area contributed by atoms with Crippen LogP contribution in [0.25, 0.3) is 0 Å². The third-order valence-electron chi connectivity index (χ3n) is 3.98. The van der Waals surface area contributed by atoms with Gasteiger partial charge in [0.15, 0.2) is 11.5 Å². The topological polar surface area (TPSA) is 110 Å². The number of carbonyl (C=O) groups excluding carboxylic acids is 2. The molecule has 1 aromatic carbocycles. The molecule has 3 rings (SSSR count). The van der Waals surface area contributed by atoms with E-state index >= 15 is 0 Å². The van der Waals surface area contributed by atoms with Gasteiger partial charge in [-0.2, -0.15) is 0 Å². The van der Waals surface area contributed by atoms with E-state index in [2.05, 4.69) is 10.6 Å². The summed E-state index contributed by atoms with van der Waals surface area (Å²) in [5.41, 5.74) is 1.11. The number of fused-ring (bicyclic) bond motifs is 1. The highest BCUT2D eigenvalue weighted by atomic mass is 16.7. The molecule has 0 aliphatic carbocycles. The molecule has 0 fully saturated rings. The predicted octanol–water partition coefficient (Wildman–Crippen LogP) is 1.80. The molecule has 0 saturated carbocycles. The van der Waals surface area contributed by atoms with E-state index in [1.807, 2.05) is 0 Å². The molecule has 2 heterocycles. The minimum atomic E-state index is -0.798. The molecule has 2 aromatic rings. The zero-order valence-electron chi connectivity index (χ0n) is 14.5. The van der Waals surface area contributed by atoms with Crippen molar-refractivity contribution in [2.75, 3.05) is 18.7 Å². The summed E-state index contributed by atoms with van der Waals surface area (Å²) >= 11 is 0. The number of ether oxygens (including phenoxy) is 2. The van der Waals surface area contributed by atoms with Gasteiger partial charge in [-0.1, -0.05) is 0 Å². The number of benzene rings is 1. The Kier molecular flexibility index (Phi) is 5.13. The van der Waals surface area contributed by atoms with E-state index in [-0.39, 0.29) is 19.8 Å². The Morgan fingerprint density at radius 2 is 1.92 bits per heavy atom. The van der Waals surface area contributed by atoms with Gasteiger partial charge in [-0.25, -0.2) is 0 Å². The second-order valence-corrected chi connectivity index (χ2v) is 5.95. The van der Waals surface area contributed by atoms with Gasteiger partial charge in [0, 0.05) is 23.9 Å². The third kappa shape index (κ3) is 3.97. The lowest BCUT2D eigenvalue weighted by molar-refractivity contribution is -0.136. The summed E-state index contributed by atoms with van der Waals surface area (Å²) in [5.74, 6) is 0.873. The molecule has 1 unspecified atom stereocenters. The first-order valence-corrected chi connectivity index (χ1v) is 8.18. The number of hydrogen-bond acceptors (Lipinski definition) is 6. The second-order valence-electron chi connectivity index (χ2n) is 5.95. The number of rotatable bonds is 5. The number of nitrogens with one attached hydrogen (secondary N) is 2. The van der Waals surface area contributed by atoms with Crippen molar-refractivity contribution in [1.82, 2.24) is 5.32 Å². The standard InChI is InChI=1S/C18H20N2O6/c1-10-7-13(11(2)26-10)14(21)5-6-19-17(22)18(23)20-12-3-4-15-16(8-12)25-9-24-15/h3-4,7-8,14,21H,5-6,9H2,1-2H3,(H,19,22)(H,20,23). The molecule has 0 radical (unpaired) electrons. The van der Waals surface area contributed by atoms with Crippen molar-refractivity contribution in [3.8, 4) is 11.5 Å². The molecule has 0 bridgehead atoms. The Morgan fingerprint density at radius 3 is 2.65 bits per heavy atom. The fourth-order valence-electron chi connectivity index (χ4n) is 2.70. The van der Waals surface area contributed by atoms with Crippen molar-refractivity contribution in [3.63, 3.8) is 0 Å². The fraction of sp³-hybridized carbons (Fsp3) is 0.333. The van der Waals surface area contributed by atoms with Crippen LogP contribution in [0.3, 0.4) is 0 Å². The number of carbonyl (C=O) groups is 2. The zero-order valence-corrected chi connectivity index (χ0v) is 14.5. The van der Waals surface area contributed by atoms with E-state index in [4.69, 9.17) is 13.9 Å². The quantitative estimate of drug-likeness (QED) is 0.702. The van der Waals surface area contributed by atoms with Crippen LogP contribution in [0.2, 0.25) is 0 Å². The van der Waals surface area contributed by atoms with Gasteiger partial charge in [0.1, 0.15) is 11.5 Å². The average molecular weight is 360 g/mol. The van der Waals surface area contributed by atoms with Crippen LogP contribution >= 0.6 is 0 Å². The van der Waals surface area contributed by atoms with Crippen molar-refractivity contribution in [2.45, 2.75) is 26.4 Å². The van der Waals surface area contributed by atoms with Gasteiger partial charge in [0.05, 0.1) is 6.10 Å². The molecule has 0 saturated heterocycles. The Hall–Kier alpha value is -3.00. The second kappa shape index (κ2) is 7.49. The lowest BCUT2D eigenvalue weighted by Gasteiger charge is -2.11. The summed E-state index contributed by atoms with van der Waals surface area (Å²) in [6, 6.07) is 6.61. The first-order chi connectivity index (χ1) is 12.4. The van der Waals surface area contributed by atoms with Crippen molar-refractivity contribution >= 4 is 17.5 Å². The Balaban J connectivity index is 1.47. The van der Waals surface area contributed by atoms with Crippen molar-refractivity contribution < 1.29 is 28.6 Å². The van der Waals surface area contributed by atoms with Gasteiger partial charge in [-0.15, -0.1) is 0 Å². The molecule has 0 spiro atoms. The molecule has 8 nitrogen and oxygen atoms in total. The maximum atomic E-state index is 11.9. The van der Waals surface area contributed by atoms with Crippen LogP contribution in [-0.2, 0) is 9.59 Å². The molecule has 8 heteroatoms. The summed E-state index contributed by atoms with van der Waals surface area (Å²) in [6.07, 6.45) is -0.507. The fourth-order valence-corrected chi connectivity index (χ4v) is 2.70. The molecule has 3 N–H and O–H groups in total. The van der Waals surface area contributed by atoms with E-state index in [0.29, 0.717) is 34.3 Å². The normalized spacial score (nSPS) is 13.3. The van der Waals surface area contributed by atoms with Crippen LogP contribution in [0, 0.1) is 13.8 Å². The number of aliphatic hydroxyl groups excluding tert-OH is 1. The highest BCUT2D eigenvalue weighted by Crippen LogP contribution is 2.34. The number of anilines is 1. The average Bonchev–Trinajstić information content (AvgIpc) is 3.19. The SMILES string of the molecule is Cc1cc(C(O)CCNC(=O)C(=O)Nc2ccc3c(c2)OCO3)c(C)o1. The van der Waals surface area contributed by atoms with Gasteiger partial charge in [0.2, 0.25) is 6.79 Å². The smallest absolute Gasteiger partial charge is 0.313 e. The minimum Gasteiger partial charge on any atom is -0.466 e. The summed E-state index contributed by atoms with van der Waals surface area (Å²) in [4.78, 5) is 23.8. The highest BCUT2D eigenvalue weighted by Gasteiger charge is 2.19. The lowest BCUT2D eigenvalue weighted by Crippen LogP contribution is -2.36. The van der Waals surface area contributed by atoms with Gasteiger partial charge >= 0.3 is 11.8 Å². The molecule has 1 aromatic heterocycles. The van der Waals surface area contributed by atoms with Crippen molar-refractivity contribution in [1.29, 1.82) is 0 Å². The summed E-state index contributed by atoms with van der Waals surface area (Å²) in [7, 11) is 0. The summed E-state index contributed by atoms with van der Waals surface area (Å²) < 4.78 is 15.8. The molecule has 1 atom stereocenters. The molecule has 138 valence electrons. The van der Waals surface area contributed by atoms with Gasteiger partial charge in [0.25, 0.3) is 0 Å². The number of aliphatic hydroxyl groups is 1. The Morgan fingerprint density at radius 1 is 1.15 bits per heavy atom. The molecular formula is C18H20N2O6. The molecule has 26 heavy (non-hydrogen) atoms. The number of furan rings is 1. The lowest BCUT2D eigenvalue weighted by atomic mass is 10.1. The maximum Gasteiger partial charge on any atom is 0.313 e. The van der Waals surface area contributed by atoms with E-state index in [1.54, 1.807) is 38.1 Å². The van der Waals surface area contributed by atoms with Gasteiger partial charge in [-0.3, -0.25) is 9.59 Å². The number of amides is 2. The largest absolute Gasteiger partial charge is 0.466 e. The van der Waals surface area contributed by atoms with E-state index < -0.39 is 17.9 Å². The first kappa shape index (κ1) is 17.8. The van der Waals surface area contributed by atoms with Crippen molar-refractivity contribution in [2.24, 2.45) is 0 Å². The summed E-state index contributed by atoms with van der Waals surface area (Å²) in [6.45, 7) is 3.85. The molecular weight excluding hydrogens is 340 g/mol. The van der Waals surface area contributed by atoms with Crippen LogP contribution in [0.5, 0.6) is 11.5 Å². The van der Waals surface area contributed by atoms with E-state index in [9.17, 15) is 14.7 Å². The maximum absolute atomic E-state index is 11.9. The number of aryl methyl sites for hydroxylation is 2. The van der Waals surface area contributed by atoms with Crippen LogP contribution < -0.4 is 20.1 Å². The van der Waals surface area contributed by atoms with E-state index in [1.165, 1.54) is 0 Å². The molecule has 2 amide bonds. The highest BCUT2D eigenvalue weighted by molar-refractivity contribution is 6.39. The monoisotopic (exact) mass is 360 g/mol. The number of hydrogen-bond donors (Lipinski definition) is 3. The summed E-state index contributed by atoms with van der Waals surface area (Å²) in [5, 5.41) is 15.1.